The average molecular weight is 234 g/mol. The van der Waals surface area contributed by atoms with Crippen LogP contribution in [0.4, 0.5) is 0 Å². The zero-order valence-electron chi connectivity index (χ0n) is 9.07. The predicted octanol–water partition coefficient (Wildman–Crippen LogP) is 1.29. The summed E-state index contributed by atoms with van der Waals surface area (Å²) in [5, 5.41) is 8.06. The van der Waals surface area contributed by atoms with E-state index in [1.807, 2.05) is 11.5 Å². The van der Waals surface area contributed by atoms with E-state index in [1.54, 1.807) is 7.11 Å². The molecule has 5 nitrogen and oxygen atoms in total. The maximum Gasteiger partial charge on any atom is 0.225 e. The van der Waals surface area contributed by atoms with Crippen LogP contribution in [-0.2, 0) is 16.0 Å². The molecule has 0 aliphatic heterocycles. The molecule has 0 atom stereocenters. The van der Waals surface area contributed by atoms with Crippen LogP contribution >= 0.6 is 11.6 Å². The normalized spacial score (nSPS) is 10.9. The maximum atomic E-state index is 5.84. The second-order valence-corrected chi connectivity index (χ2v) is 3.46. The predicted molar refractivity (Wildman–Crippen MR) is 57.1 cm³/mol. The molecule has 0 aliphatic carbocycles. The van der Waals surface area contributed by atoms with Crippen molar-refractivity contribution in [2.75, 3.05) is 26.9 Å². The summed E-state index contributed by atoms with van der Waals surface area (Å²) in [6.45, 7) is 4.62. The fourth-order valence-electron chi connectivity index (χ4n) is 1.18. The van der Waals surface area contributed by atoms with Crippen molar-refractivity contribution in [2.24, 2.45) is 0 Å². The second-order valence-electron chi connectivity index (χ2n) is 3.13. The lowest BCUT2D eigenvalue weighted by Crippen LogP contribution is -2.07. The van der Waals surface area contributed by atoms with E-state index in [1.165, 1.54) is 0 Å². The van der Waals surface area contributed by atoms with Gasteiger partial charge in [0, 0.05) is 20.3 Å². The summed E-state index contributed by atoms with van der Waals surface area (Å²) in [4.78, 5) is 0. The van der Waals surface area contributed by atoms with Crippen molar-refractivity contribution in [3.05, 3.63) is 11.1 Å². The molecule has 0 radical (unpaired) electrons. The molecular formula is C9H16ClN3O2. The summed E-state index contributed by atoms with van der Waals surface area (Å²) in [5.74, 6) is 0.830. The fourth-order valence-corrected chi connectivity index (χ4v) is 1.42. The number of halogens is 1. The summed E-state index contributed by atoms with van der Waals surface area (Å²) in [7, 11) is 1.66. The first-order valence-corrected chi connectivity index (χ1v) is 5.25. The molecule has 0 bridgehead atoms. The molecule has 1 aromatic heterocycles. The number of hydrogen-bond donors (Lipinski definition) is 0. The van der Waals surface area contributed by atoms with Crippen LogP contribution in [0.15, 0.2) is 0 Å². The number of aromatic nitrogens is 3. The van der Waals surface area contributed by atoms with Crippen LogP contribution in [0.3, 0.4) is 0 Å². The lowest BCUT2D eigenvalue weighted by Gasteiger charge is -2.05. The van der Waals surface area contributed by atoms with Gasteiger partial charge in [-0.2, -0.15) is 0 Å². The number of nitrogens with zero attached hydrogens (tertiary/aromatic N) is 3. The highest BCUT2D eigenvalue weighted by molar-refractivity contribution is 6.28. The van der Waals surface area contributed by atoms with Crippen molar-refractivity contribution in [3.8, 4) is 0 Å². The Bertz CT molecular complexity index is 271. The van der Waals surface area contributed by atoms with Crippen LogP contribution in [-0.4, -0.2) is 41.7 Å². The van der Waals surface area contributed by atoms with Gasteiger partial charge in [-0.3, -0.25) is 0 Å². The first-order chi connectivity index (χ1) is 7.25. The van der Waals surface area contributed by atoms with Crippen LogP contribution in [0.1, 0.15) is 12.2 Å². The molecule has 1 rings (SSSR count). The van der Waals surface area contributed by atoms with Crippen LogP contribution < -0.4 is 0 Å². The number of hydrogen-bond acceptors (Lipinski definition) is 4. The van der Waals surface area contributed by atoms with Gasteiger partial charge in [-0.25, -0.2) is 0 Å². The van der Waals surface area contributed by atoms with Crippen molar-refractivity contribution < 1.29 is 9.47 Å². The van der Waals surface area contributed by atoms with Gasteiger partial charge in [-0.1, -0.05) is 0 Å². The molecule has 0 N–H and O–H groups in total. The third-order valence-corrected chi connectivity index (χ3v) is 2.27. The molecule has 0 fully saturated rings. The highest BCUT2D eigenvalue weighted by atomic mass is 35.5. The Morgan fingerprint density at radius 3 is 2.67 bits per heavy atom. The maximum absolute atomic E-state index is 5.84. The molecule has 1 aromatic rings. The summed E-state index contributed by atoms with van der Waals surface area (Å²) in [6, 6.07) is 0. The van der Waals surface area contributed by atoms with Gasteiger partial charge in [0.1, 0.15) is 5.82 Å². The number of methoxy groups -OCH3 is 1. The lowest BCUT2D eigenvalue weighted by atomic mass is 10.4. The molecule has 1 heterocycles. The molecule has 15 heavy (non-hydrogen) atoms. The third-order valence-electron chi connectivity index (χ3n) is 1.99. The third kappa shape index (κ3) is 4.15. The standard InChI is InChI=1S/C9H16ClN3O2/c1-8-11-12-9(10)13(8)4-3-5-15-7-6-14-2/h3-7H2,1-2H3. The van der Waals surface area contributed by atoms with Gasteiger partial charge in [0.05, 0.1) is 13.2 Å². The Morgan fingerprint density at radius 1 is 1.27 bits per heavy atom. The fraction of sp³-hybridized carbons (Fsp3) is 0.778. The van der Waals surface area contributed by atoms with E-state index in [2.05, 4.69) is 10.2 Å². The number of rotatable bonds is 7. The van der Waals surface area contributed by atoms with Gasteiger partial charge in [0.15, 0.2) is 0 Å². The lowest BCUT2D eigenvalue weighted by molar-refractivity contribution is 0.0680. The Balaban J connectivity index is 2.15. The highest BCUT2D eigenvalue weighted by Gasteiger charge is 2.04. The summed E-state index contributed by atoms with van der Waals surface area (Å²) in [6.07, 6.45) is 0.891. The van der Waals surface area contributed by atoms with Crippen molar-refractivity contribution in [1.82, 2.24) is 14.8 Å². The molecule has 0 saturated heterocycles. The second kappa shape index (κ2) is 6.76. The first kappa shape index (κ1) is 12.4. The van der Waals surface area contributed by atoms with Gasteiger partial charge < -0.3 is 14.0 Å². The Hall–Kier alpha value is -0.650. The summed E-state index contributed by atoms with van der Waals surface area (Å²) >= 11 is 5.84. The smallest absolute Gasteiger partial charge is 0.225 e. The van der Waals surface area contributed by atoms with E-state index in [9.17, 15) is 0 Å². The molecular weight excluding hydrogens is 218 g/mol. The molecule has 6 heteroatoms. The van der Waals surface area contributed by atoms with E-state index in [0.29, 0.717) is 25.1 Å². The zero-order valence-corrected chi connectivity index (χ0v) is 9.83. The quantitative estimate of drug-likeness (QED) is 0.666. The SMILES string of the molecule is COCCOCCCn1c(C)nnc1Cl. The Labute approximate surface area is 94.3 Å². The minimum absolute atomic E-state index is 0.435. The van der Waals surface area contributed by atoms with E-state index >= 15 is 0 Å². The van der Waals surface area contributed by atoms with Gasteiger partial charge in [0.2, 0.25) is 5.28 Å². The summed E-state index contributed by atoms with van der Waals surface area (Å²) < 4.78 is 12.1. The molecule has 0 saturated carbocycles. The Morgan fingerprint density at radius 2 is 2.07 bits per heavy atom. The number of ether oxygens (including phenoxy) is 2. The molecule has 0 unspecified atom stereocenters. The molecule has 0 amide bonds. The molecule has 0 aromatic carbocycles. The van der Waals surface area contributed by atoms with E-state index in [0.717, 1.165) is 18.8 Å². The van der Waals surface area contributed by atoms with E-state index < -0.39 is 0 Å². The van der Waals surface area contributed by atoms with Crippen molar-refractivity contribution in [2.45, 2.75) is 19.9 Å². The van der Waals surface area contributed by atoms with Crippen LogP contribution in [0.5, 0.6) is 0 Å². The van der Waals surface area contributed by atoms with Crippen molar-refractivity contribution in [3.63, 3.8) is 0 Å². The Kier molecular flexibility index (Phi) is 5.60. The van der Waals surface area contributed by atoms with Crippen LogP contribution in [0.25, 0.3) is 0 Å². The van der Waals surface area contributed by atoms with Gasteiger partial charge in [-0.05, 0) is 24.9 Å². The van der Waals surface area contributed by atoms with Crippen molar-refractivity contribution in [1.29, 1.82) is 0 Å². The zero-order chi connectivity index (χ0) is 11.1. The van der Waals surface area contributed by atoms with E-state index in [-0.39, 0.29) is 0 Å². The average Bonchev–Trinajstić information content (AvgIpc) is 2.54. The minimum Gasteiger partial charge on any atom is -0.382 e. The first-order valence-electron chi connectivity index (χ1n) is 4.87. The monoisotopic (exact) mass is 233 g/mol. The van der Waals surface area contributed by atoms with E-state index in [4.69, 9.17) is 21.1 Å². The van der Waals surface area contributed by atoms with Crippen molar-refractivity contribution >= 4 is 11.6 Å². The van der Waals surface area contributed by atoms with Crippen LogP contribution in [0, 0.1) is 6.92 Å². The van der Waals surface area contributed by atoms with Gasteiger partial charge in [-0.15, -0.1) is 10.2 Å². The molecule has 0 spiro atoms. The van der Waals surface area contributed by atoms with Gasteiger partial charge in [0.25, 0.3) is 0 Å². The topological polar surface area (TPSA) is 49.2 Å². The molecule has 0 aliphatic rings. The summed E-state index contributed by atoms with van der Waals surface area (Å²) in [5.41, 5.74) is 0. The number of aryl methyl sites for hydroxylation is 1. The van der Waals surface area contributed by atoms with Crippen LogP contribution in [0.2, 0.25) is 5.28 Å². The highest BCUT2D eigenvalue weighted by Crippen LogP contribution is 2.07. The largest absolute Gasteiger partial charge is 0.382 e. The molecule has 86 valence electrons. The van der Waals surface area contributed by atoms with Gasteiger partial charge >= 0.3 is 0 Å². The minimum atomic E-state index is 0.435.